The number of aromatic nitrogens is 1. The Balaban J connectivity index is 1.82. The molecule has 2 rings (SSSR count). The fourth-order valence-electron chi connectivity index (χ4n) is 1.44. The van der Waals surface area contributed by atoms with E-state index in [9.17, 15) is 4.39 Å². The maximum absolute atomic E-state index is 12.6. The first-order valence-electron chi connectivity index (χ1n) is 5.20. The van der Waals surface area contributed by atoms with Crippen LogP contribution in [0.15, 0.2) is 48.7 Å². The van der Waals surface area contributed by atoms with E-state index in [0.29, 0.717) is 6.54 Å². The Morgan fingerprint density at radius 2 is 1.81 bits per heavy atom. The molecule has 16 heavy (non-hydrogen) atoms. The highest BCUT2D eigenvalue weighted by Crippen LogP contribution is 2.00. The number of rotatable bonds is 4. The molecule has 82 valence electrons. The lowest BCUT2D eigenvalue weighted by Crippen LogP contribution is -2.13. The molecule has 2 aromatic rings. The minimum Gasteiger partial charge on any atom is -0.307 e. The molecule has 2 nitrogen and oxygen atoms in total. The predicted octanol–water partition coefficient (Wildman–Crippen LogP) is 2.51. The highest BCUT2D eigenvalue weighted by molar-refractivity contribution is 5.14. The molecule has 0 aliphatic carbocycles. The summed E-state index contributed by atoms with van der Waals surface area (Å²) in [6.07, 6.45) is 1.24. The Morgan fingerprint density at radius 3 is 2.50 bits per heavy atom. The Hall–Kier alpha value is -1.74. The van der Waals surface area contributed by atoms with Gasteiger partial charge in [0.25, 0.3) is 0 Å². The van der Waals surface area contributed by atoms with Crippen LogP contribution in [0.1, 0.15) is 11.3 Å². The molecule has 1 aromatic carbocycles. The van der Waals surface area contributed by atoms with Gasteiger partial charge >= 0.3 is 0 Å². The molecule has 0 spiro atoms. The molecule has 1 heterocycles. The van der Waals surface area contributed by atoms with Gasteiger partial charge in [0.2, 0.25) is 0 Å². The lowest BCUT2D eigenvalue weighted by Gasteiger charge is -2.04. The Labute approximate surface area is 94.2 Å². The van der Waals surface area contributed by atoms with E-state index in [4.69, 9.17) is 0 Å². The van der Waals surface area contributed by atoms with Gasteiger partial charge in [-0.2, -0.15) is 0 Å². The second-order valence-electron chi connectivity index (χ2n) is 3.56. The number of halogens is 1. The minimum atomic E-state index is -0.299. The van der Waals surface area contributed by atoms with Crippen LogP contribution < -0.4 is 5.32 Å². The van der Waals surface area contributed by atoms with Crippen molar-refractivity contribution in [3.05, 3.63) is 65.7 Å². The van der Waals surface area contributed by atoms with Gasteiger partial charge < -0.3 is 5.32 Å². The largest absolute Gasteiger partial charge is 0.307 e. The first kappa shape index (κ1) is 10.8. The molecule has 0 aliphatic rings. The Kier molecular flexibility index (Phi) is 3.62. The number of benzene rings is 1. The number of hydrogen-bond donors (Lipinski definition) is 1. The molecule has 1 N–H and O–H groups in total. The number of nitrogens with zero attached hydrogens (tertiary/aromatic N) is 1. The van der Waals surface area contributed by atoms with Crippen molar-refractivity contribution in [1.82, 2.24) is 10.3 Å². The van der Waals surface area contributed by atoms with Crippen LogP contribution in [0.2, 0.25) is 0 Å². The summed E-state index contributed by atoms with van der Waals surface area (Å²) < 4.78 is 12.6. The van der Waals surface area contributed by atoms with Crippen molar-refractivity contribution in [2.24, 2.45) is 0 Å². The summed E-state index contributed by atoms with van der Waals surface area (Å²) in [5.41, 5.74) is 2.07. The zero-order chi connectivity index (χ0) is 11.2. The third-order valence-electron chi connectivity index (χ3n) is 2.27. The quantitative estimate of drug-likeness (QED) is 0.849. The van der Waals surface area contributed by atoms with Crippen molar-refractivity contribution >= 4 is 0 Å². The van der Waals surface area contributed by atoms with Gasteiger partial charge in [-0.15, -0.1) is 0 Å². The van der Waals surface area contributed by atoms with Crippen LogP contribution >= 0.6 is 0 Å². The van der Waals surface area contributed by atoms with Crippen molar-refractivity contribution in [2.75, 3.05) is 0 Å². The van der Waals surface area contributed by atoms with E-state index < -0.39 is 0 Å². The Bertz CT molecular complexity index is 425. The van der Waals surface area contributed by atoms with Gasteiger partial charge in [0, 0.05) is 13.1 Å². The van der Waals surface area contributed by atoms with Gasteiger partial charge in [0.15, 0.2) is 0 Å². The van der Waals surface area contributed by atoms with Crippen molar-refractivity contribution in [3.8, 4) is 0 Å². The summed E-state index contributed by atoms with van der Waals surface area (Å²) >= 11 is 0. The fourth-order valence-corrected chi connectivity index (χ4v) is 1.44. The molecular weight excluding hydrogens is 203 g/mol. The molecule has 0 saturated heterocycles. The molecule has 0 unspecified atom stereocenters. The zero-order valence-corrected chi connectivity index (χ0v) is 8.86. The molecule has 0 atom stereocenters. The van der Waals surface area contributed by atoms with Crippen molar-refractivity contribution in [2.45, 2.75) is 13.1 Å². The van der Waals surface area contributed by atoms with E-state index in [1.165, 1.54) is 17.8 Å². The Morgan fingerprint density at radius 1 is 1.00 bits per heavy atom. The van der Waals surface area contributed by atoms with E-state index >= 15 is 0 Å². The molecule has 1 aromatic heterocycles. The van der Waals surface area contributed by atoms with Gasteiger partial charge in [0.05, 0.1) is 11.9 Å². The van der Waals surface area contributed by atoms with Crippen LogP contribution in [0.4, 0.5) is 4.39 Å². The van der Waals surface area contributed by atoms with Gasteiger partial charge in [-0.1, -0.05) is 30.3 Å². The lowest BCUT2D eigenvalue weighted by molar-refractivity contribution is 0.614. The lowest BCUT2D eigenvalue weighted by atomic mass is 10.2. The average molecular weight is 216 g/mol. The van der Waals surface area contributed by atoms with Crippen molar-refractivity contribution in [3.63, 3.8) is 0 Å². The molecular formula is C13H13FN2. The topological polar surface area (TPSA) is 24.9 Å². The second-order valence-corrected chi connectivity index (χ2v) is 3.56. The van der Waals surface area contributed by atoms with Crippen molar-refractivity contribution < 1.29 is 4.39 Å². The molecule has 0 aliphatic heterocycles. The molecule has 0 amide bonds. The summed E-state index contributed by atoms with van der Waals surface area (Å²) in [4.78, 5) is 3.97. The maximum Gasteiger partial charge on any atom is 0.141 e. The van der Waals surface area contributed by atoms with Crippen LogP contribution in [-0.2, 0) is 13.1 Å². The monoisotopic (exact) mass is 216 g/mol. The van der Waals surface area contributed by atoms with Gasteiger partial charge in [-0.05, 0) is 17.7 Å². The van der Waals surface area contributed by atoms with Crippen LogP contribution in [-0.4, -0.2) is 4.98 Å². The first-order valence-corrected chi connectivity index (χ1v) is 5.20. The van der Waals surface area contributed by atoms with Crippen LogP contribution in [0.5, 0.6) is 0 Å². The van der Waals surface area contributed by atoms with Crippen molar-refractivity contribution in [1.29, 1.82) is 0 Å². The summed E-state index contributed by atoms with van der Waals surface area (Å²) in [6, 6.07) is 13.2. The smallest absolute Gasteiger partial charge is 0.141 e. The number of pyridine rings is 1. The third kappa shape index (κ3) is 3.14. The van der Waals surface area contributed by atoms with Crippen LogP contribution in [0.25, 0.3) is 0 Å². The van der Waals surface area contributed by atoms with E-state index in [1.807, 2.05) is 18.2 Å². The normalized spacial score (nSPS) is 10.3. The highest BCUT2D eigenvalue weighted by atomic mass is 19.1. The standard InChI is InChI=1S/C13H13FN2/c14-12-6-7-13(16-9-12)10-15-8-11-4-2-1-3-5-11/h1-7,9,15H,8,10H2. The van der Waals surface area contributed by atoms with Gasteiger partial charge in [0.1, 0.15) is 5.82 Å². The minimum absolute atomic E-state index is 0.299. The summed E-state index contributed by atoms with van der Waals surface area (Å²) in [5.74, 6) is -0.299. The highest BCUT2D eigenvalue weighted by Gasteiger charge is 1.95. The second kappa shape index (κ2) is 5.37. The number of hydrogen-bond acceptors (Lipinski definition) is 2. The van der Waals surface area contributed by atoms with Gasteiger partial charge in [-0.3, -0.25) is 4.98 Å². The van der Waals surface area contributed by atoms with E-state index in [1.54, 1.807) is 6.07 Å². The summed E-state index contributed by atoms with van der Waals surface area (Å²) in [7, 11) is 0. The first-order chi connectivity index (χ1) is 7.84. The summed E-state index contributed by atoms with van der Waals surface area (Å²) in [6.45, 7) is 1.44. The van der Waals surface area contributed by atoms with Crippen LogP contribution in [0, 0.1) is 5.82 Å². The molecule has 0 bridgehead atoms. The molecule has 0 radical (unpaired) electrons. The van der Waals surface area contributed by atoms with E-state index in [-0.39, 0.29) is 5.82 Å². The number of nitrogens with one attached hydrogen (secondary N) is 1. The molecule has 3 heteroatoms. The van der Waals surface area contributed by atoms with E-state index in [0.717, 1.165) is 12.2 Å². The average Bonchev–Trinajstić information content (AvgIpc) is 2.33. The fraction of sp³-hybridized carbons (Fsp3) is 0.154. The molecule has 0 fully saturated rings. The zero-order valence-electron chi connectivity index (χ0n) is 8.86. The van der Waals surface area contributed by atoms with E-state index in [2.05, 4.69) is 22.4 Å². The van der Waals surface area contributed by atoms with Crippen LogP contribution in [0.3, 0.4) is 0 Å². The van der Waals surface area contributed by atoms with Gasteiger partial charge in [-0.25, -0.2) is 4.39 Å². The predicted molar refractivity (Wildman–Crippen MR) is 61.2 cm³/mol. The molecule has 0 saturated carbocycles. The third-order valence-corrected chi connectivity index (χ3v) is 2.27. The summed E-state index contributed by atoms with van der Waals surface area (Å²) in [5, 5.41) is 3.25. The SMILES string of the molecule is Fc1ccc(CNCc2ccccc2)nc1. The maximum atomic E-state index is 12.6.